The summed E-state index contributed by atoms with van der Waals surface area (Å²) in [7, 11) is 1.62. The summed E-state index contributed by atoms with van der Waals surface area (Å²) >= 11 is 0. The third-order valence-electron chi connectivity index (χ3n) is 4.81. The summed E-state index contributed by atoms with van der Waals surface area (Å²) in [6.45, 7) is -1.39. The van der Waals surface area contributed by atoms with Gasteiger partial charge in [-0.2, -0.15) is 8.78 Å². The monoisotopic (exact) mass is 547 g/mol. The second-order valence-electron chi connectivity index (χ2n) is 6.73. The van der Waals surface area contributed by atoms with Gasteiger partial charge < -0.3 is 20.3 Å². The summed E-state index contributed by atoms with van der Waals surface area (Å²) in [5.74, 6) is 0.657. The molecule has 1 aliphatic rings. The maximum Gasteiger partial charge on any atom is 0.387 e. The Kier molecular flexibility index (Phi) is 9.21. The van der Waals surface area contributed by atoms with Crippen LogP contribution in [0.3, 0.4) is 0 Å². The summed E-state index contributed by atoms with van der Waals surface area (Å²) in [5, 5.41) is 17.5. The highest BCUT2D eigenvalue weighted by atomic mass is 127. The number of ether oxygens (including phenoxy) is 1. The van der Waals surface area contributed by atoms with Crippen LogP contribution < -0.4 is 20.3 Å². The van der Waals surface area contributed by atoms with E-state index in [-0.39, 0.29) is 48.0 Å². The second kappa shape index (κ2) is 11.6. The van der Waals surface area contributed by atoms with Crippen molar-refractivity contribution >= 4 is 41.3 Å². The van der Waals surface area contributed by atoms with Gasteiger partial charge in [-0.05, 0) is 18.6 Å². The number of rotatable bonds is 7. The number of benzene rings is 2. The van der Waals surface area contributed by atoms with Gasteiger partial charge in [-0.15, -0.1) is 24.0 Å². The zero-order chi connectivity index (χ0) is 21.5. The fourth-order valence-electron chi connectivity index (χ4n) is 3.42. The molecular weight excluding hydrogens is 523 g/mol. The first-order valence-corrected chi connectivity index (χ1v) is 9.46. The van der Waals surface area contributed by atoms with Crippen LogP contribution in [0.2, 0.25) is 0 Å². The predicted molar refractivity (Wildman–Crippen MR) is 126 cm³/mol. The number of guanidine groups is 1. The lowest BCUT2D eigenvalue weighted by atomic mass is 10.2. The zero-order valence-electron chi connectivity index (χ0n) is 16.8. The van der Waals surface area contributed by atoms with Gasteiger partial charge >= 0.3 is 6.61 Å². The minimum Gasteiger partial charge on any atom is -0.433 e. The van der Waals surface area contributed by atoms with Crippen LogP contribution in [-0.4, -0.2) is 43.7 Å². The van der Waals surface area contributed by atoms with Gasteiger partial charge in [0, 0.05) is 44.4 Å². The van der Waals surface area contributed by atoms with Crippen molar-refractivity contribution in [2.45, 2.75) is 25.6 Å². The number of aliphatic imine (C=N–C) groups is 1. The molecule has 1 unspecified atom stereocenters. The van der Waals surface area contributed by atoms with Gasteiger partial charge in [0.05, 0.1) is 10.6 Å². The highest BCUT2D eigenvalue weighted by molar-refractivity contribution is 14.0. The molecule has 1 heterocycles. The summed E-state index contributed by atoms with van der Waals surface area (Å²) in [6, 6.07) is 13.3. The number of halogens is 3. The van der Waals surface area contributed by atoms with Gasteiger partial charge in [0.1, 0.15) is 5.75 Å². The van der Waals surface area contributed by atoms with E-state index in [0.717, 1.165) is 6.42 Å². The smallest absolute Gasteiger partial charge is 0.387 e. The molecule has 0 radical (unpaired) electrons. The molecule has 0 amide bonds. The summed E-state index contributed by atoms with van der Waals surface area (Å²) in [5.41, 5.74) is 1.21. The summed E-state index contributed by atoms with van der Waals surface area (Å²) in [4.78, 5) is 16.9. The number of nitrogens with zero attached hydrogens (tertiary/aromatic N) is 3. The molecule has 0 saturated carbocycles. The number of para-hydroxylation sites is 3. The van der Waals surface area contributed by atoms with Crippen LogP contribution in [-0.2, 0) is 6.54 Å². The Morgan fingerprint density at radius 2 is 2.00 bits per heavy atom. The number of anilines is 1. The molecule has 2 aromatic rings. The molecular formula is C20H24F2IN5O3. The van der Waals surface area contributed by atoms with Crippen molar-refractivity contribution in [2.24, 2.45) is 4.99 Å². The molecule has 1 saturated heterocycles. The molecule has 0 spiro atoms. The first-order chi connectivity index (χ1) is 14.5. The van der Waals surface area contributed by atoms with Crippen LogP contribution in [0.15, 0.2) is 53.5 Å². The Morgan fingerprint density at radius 3 is 2.71 bits per heavy atom. The second-order valence-corrected chi connectivity index (χ2v) is 6.73. The number of nitrogens with one attached hydrogen (secondary N) is 2. The van der Waals surface area contributed by atoms with Crippen molar-refractivity contribution in [3.63, 3.8) is 0 Å². The molecule has 1 aliphatic heterocycles. The molecule has 11 heteroatoms. The number of nitro groups is 1. The number of hydrogen-bond donors (Lipinski definition) is 2. The summed E-state index contributed by atoms with van der Waals surface area (Å²) in [6.07, 6.45) is 0.773. The Morgan fingerprint density at radius 1 is 1.29 bits per heavy atom. The molecule has 31 heavy (non-hydrogen) atoms. The topological polar surface area (TPSA) is 92.0 Å². The maximum atomic E-state index is 12.7. The van der Waals surface area contributed by atoms with E-state index >= 15 is 0 Å². The van der Waals surface area contributed by atoms with Gasteiger partial charge in [-0.3, -0.25) is 15.1 Å². The van der Waals surface area contributed by atoms with Gasteiger partial charge in [0.15, 0.2) is 5.96 Å². The van der Waals surface area contributed by atoms with Crippen LogP contribution >= 0.6 is 24.0 Å². The van der Waals surface area contributed by atoms with E-state index in [9.17, 15) is 18.9 Å². The van der Waals surface area contributed by atoms with Crippen molar-refractivity contribution < 1.29 is 18.4 Å². The highest BCUT2D eigenvalue weighted by Crippen LogP contribution is 2.31. The van der Waals surface area contributed by atoms with Crippen LogP contribution in [0.25, 0.3) is 0 Å². The van der Waals surface area contributed by atoms with Crippen LogP contribution in [0.1, 0.15) is 12.0 Å². The van der Waals surface area contributed by atoms with Crippen molar-refractivity contribution in [3.8, 4) is 5.75 Å². The SMILES string of the molecule is CN=C(NCc1ccccc1[N+](=O)[O-])NC1CCN(c2ccccc2OC(F)F)C1.I. The number of alkyl halides is 2. The van der Waals surface area contributed by atoms with E-state index in [0.29, 0.717) is 30.3 Å². The maximum absolute atomic E-state index is 12.7. The number of nitro benzene ring substituents is 1. The molecule has 8 nitrogen and oxygen atoms in total. The van der Waals surface area contributed by atoms with E-state index < -0.39 is 11.5 Å². The van der Waals surface area contributed by atoms with E-state index in [1.54, 1.807) is 43.4 Å². The molecule has 3 rings (SSSR count). The quantitative estimate of drug-likeness (QED) is 0.181. The Bertz CT molecular complexity index is 916. The minimum absolute atomic E-state index is 0. The normalized spacial score (nSPS) is 16.1. The van der Waals surface area contributed by atoms with Gasteiger partial charge in [-0.1, -0.05) is 30.3 Å². The zero-order valence-corrected chi connectivity index (χ0v) is 19.2. The first-order valence-electron chi connectivity index (χ1n) is 9.46. The van der Waals surface area contributed by atoms with Crippen LogP contribution in [0, 0.1) is 10.1 Å². The Balaban J connectivity index is 0.00000341. The predicted octanol–water partition coefficient (Wildman–Crippen LogP) is 3.76. The van der Waals surface area contributed by atoms with Gasteiger partial charge in [-0.25, -0.2) is 0 Å². The third-order valence-corrected chi connectivity index (χ3v) is 4.81. The molecule has 0 bridgehead atoms. The van der Waals surface area contributed by atoms with Crippen molar-refractivity contribution in [1.29, 1.82) is 0 Å². The average Bonchev–Trinajstić information content (AvgIpc) is 3.19. The van der Waals surface area contributed by atoms with Crippen molar-refractivity contribution in [2.75, 3.05) is 25.0 Å². The third kappa shape index (κ3) is 6.64. The standard InChI is InChI=1S/C20H23F2N5O3.HI/c1-23-20(24-12-14-6-2-3-7-16(14)27(28)29)25-15-10-11-26(13-15)17-8-4-5-9-18(17)30-19(21)22;/h2-9,15,19H,10-13H2,1H3,(H2,23,24,25);1H. The fraction of sp³-hybridized carbons (Fsp3) is 0.350. The van der Waals surface area contributed by atoms with E-state index in [2.05, 4.69) is 20.4 Å². The largest absolute Gasteiger partial charge is 0.433 e. The lowest BCUT2D eigenvalue weighted by Crippen LogP contribution is -2.44. The minimum atomic E-state index is -2.88. The van der Waals surface area contributed by atoms with Crippen LogP contribution in [0.5, 0.6) is 5.75 Å². The van der Waals surface area contributed by atoms with E-state index in [1.165, 1.54) is 12.1 Å². The molecule has 1 fully saturated rings. The van der Waals surface area contributed by atoms with Crippen molar-refractivity contribution in [3.05, 3.63) is 64.2 Å². The lowest BCUT2D eigenvalue weighted by Gasteiger charge is -2.22. The van der Waals surface area contributed by atoms with E-state index in [4.69, 9.17) is 0 Å². The Labute approximate surface area is 195 Å². The summed E-state index contributed by atoms with van der Waals surface area (Å²) < 4.78 is 30.0. The number of hydrogen-bond acceptors (Lipinski definition) is 5. The van der Waals surface area contributed by atoms with Crippen molar-refractivity contribution in [1.82, 2.24) is 10.6 Å². The van der Waals surface area contributed by atoms with Gasteiger partial charge in [0.25, 0.3) is 5.69 Å². The molecule has 0 aliphatic carbocycles. The molecule has 1 atom stereocenters. The van der Waals surface area contributed by atoms with Crippen LogP contribution in [0.4, 0.5) is 20.2 Å². The molecule has 2 aromatic carbocycles. The Hall–Kier alpha value is -2.70. The van der Waals surface area contributed by atoms with E-state index in [1.807, 2.05) is 4.90 Å². The first kappa shape index (κ1) is 24.6. The fourth-order valence-corrected chi connectivity index (χ4v) is 3.42. The lowest BCUT2D eigenvalue weighted by molar-refractivity contribution is -0.385. The molecule has 0 aromatic heterocycles. The highest BCUT2D eigenvalue weighted by Gasteiger charge is 2.26. The molecule has 168 valence electrons. The average molecular weight is 547 g/mol. The molecule has 2 N–H and O–H groups in total. The van der Waals surface area contributed by atoms with Gasteiger partial charge in [0.2, 0.25) is 0 Å².